The van der Waals surface area contributed by atoms with Gasteiger partial charge in [-0.2, -0.15) is 0 Å². The van der Waals surface area contributed by atoms with E-state index in [2.05, 4.69) is 13.8 Å². The number of hydrogen-bond acceptors (Lipinski definition) is 3. The molecule has 0 unspecified atom stereocenters. The van der Waals surface area contributed by atoms with Gasteiger partial charge in [-0.3, -0.25) is 4.79 Å². The van der Waals surface area contributed by atoms with E-state index >= 15 is 0 Å². The first-order chi connectivity index (χ1) is 8.25. The van der Waals surface area contributed by atoms with Gasteiger partial charge in [0.15, 0.2) is 5.78 Å². The highest BCUT2D eigenvalue weighted by molar-refractivity contribution is 5.91. The van der Waals surface area contributed by atoms with Crippen LogP contribution in [0.5, 0.6) is 5.75 Å². The molecule has 0 spiro atoms. The maximum atomic E-state index is 12.1. The molecule has 0 aliphatic heterocycles. The molecule has 98 valence electrons. The highest BCUT2D eigenvalue weighted by Gasteiger charge is 2.42. The number of rotatable bonds is 1. The van der Waals surface area contributed by atoms with Gasteiger partial charge in [0.25, 0.3) is 0 Å². The van der Waals surface area contributed by atoms with E-state index in [0.29, 0.717) is 17.9 Å². The van der Waals surface area contributed by atoms with Gasteiger partial charge in [0.1, 0.15) is 11.4 Å². The second kappa shape index (κ2) is 4.09. The first-order valence-corrected chi connectivity index (χ1v) is 6.34. The molecule has 2 atom stereocenters. The smallest absolute Gasteiger partial charge is 0.169 e. The van der Waals surface area contributed by atoms with E-state index in [1.807, 2.05) is 13.0 Å². The first kappa shape index (κ1) is 13.1. The Morgan fingerprint density at radius 3 is 2.56 bits per heavy atom. The number of aryl methyl sites for hydroxylation is 1. The molecule has 0 amide bonds. The summed E-state index contributed by atoms with van der Waals surface area (Å²) in [4.78, 5) is 12.1. The third-order valence-electron chi connectivity index (χ3n) is 4.05. The molecule has 0 aromatic heterocycles. The zero-order valence-electron chi connectivity index (χ0n) is 11.3. The van der Waals surface area contributed by atoms with Gasteiger partial charge >= 0.3 is 0 Å². The number of phenolic OH excluding ortho intramolecular Hbond substituents is 1. The van der Waals surface area contributed by atoms with Crippen molar-refractivity contribution in [2.24, 2.45) is 5.92 Å². The number of fused-ring (bicyclic) bond motifs is 1. The largest absolute Gasteiger partial charge is 0.508 e. The molecular weight excluding hydrogens is 228 g/mol. The monoisotopic (exact) mass is 248 g/mol. The number of benzene rings is 1. The van der Waals surface area contributed by atoms with Crippen molar-refractivity contribution in [2.75, 3.05) is 0 Å². The Labute approximate surface area is 107 Å². The number of ketones is 1. The molecule has 0 bridgehead atoms. The van der Waals surface area contributed by atoms with E-state index < -0.39 is 5.60 Å². The number of carbonyl (C=O) groups is 1. The molecule has 1 aliphatic carbocycles. The maximum Gasteiger partial charge on any atom is 0.169 e. The first-order valence-electron chi connectivity index (χ1n) is 6.34. The van der Waals surface area contributed by atoms with Gasteiger partial charge in [0.2, 0.25) is 0 Å². The molecular formula is C15H20O3. The summed E-state index contributed by atoms with van der Waals surface area (Å²) >= 11 is 0. The average Bonchev–Trinajstić information content (AvgIpc) is 2.26. The summed E-state index contributed by atoms with van der Waals surface area (Å²) in [5, 5.41) is 20.1. The Kier molecular flexibility index (Phi) is 2.98. The van der Waals surface area contributed by atoms with Crippen LogP contribution in [-0.2, 0) is 10.4 Å². The predicted molar refractivity (Wildman–Crippen MR) is 69.6 cm³/mol. The van der Waals surface area contributed by atoms with Crippen LogP contribution < -0.4 is 0 Å². The van der Waals surface area contributed by atoms with Gasteiger partial charge < -0.3 is 10.2 Å². The van der Waals surface area contributed by atoms with Gasteiger partial charge in [0, 0.05) is 6.42 Å². The van der Waals surface area contributed by atoms with Crippen molar-refractivity contribution in [1.82, 2.24) is 0 Å². The minimum Gasteiger partial charge on any atom is -0.508 e. The Balaban J connectivity index is 2.68. The molecule has 3 heteroatoms. The third-order valence-corrected chi connectivity index (χ3v) is 4.05. The van der Waals surface area contributed by atoms with Crippen molar-refractivity contribution in [2.45, 2.75) is 45.6 Å². The summed E-state index contributed by atoms with van der Waals surface area (Å²) in [6.45, 7) is 7.49. The Hall–Kier alpha value is -1.35. The fourth-order valence-electron chi connectivity index (χ4n) is 2.70. The lowest BCUT2D eigenvalue weighted by molar-refractivity contribution is -0.138. The van der Waals surface area contributed by atoms with Gasteiger partial charge in [-0.05, 0) is 48.4 Å². The number of hydrogen-bond donors (Lipinski definition) is 2. The predicted octanol–water partition coefficient (Wildman–Crippen LogP) is 2.62. The summed E-state index contributed by atoms with van der Waals surface area (Å²) in [6, 6.07) is 3.44. The van der Waals surface area contributed by atoms with Gasteiger partial charge in [0.05, 0.1) is 0 Å². The topological polar surface area (TPSA) is 57.5 Å². The lowest BCUT2D eigenvalue weighted by Gasteiger charge is -2.36. The molecule has 1 aliphatic rings. The minimum absolute atomic E-state index is 0.118. The van der Waals surface area contributed by atoms with Crippen molar-refractivity contribution >= 4 is 5.78 Å². The van der Waals surface area contributed by atoms with E-state index in [-0.39, 0.29) is 17.5 Å². The molecule has 3 nitrogen and oxygen atoms in total. The van der Waals surface area contributed by atoms with Crippen LogP contribution in [0, 0.1) is 12.8 Å². The Morgan fingerprint density at radius 1 is 1.39 bits per heavy atom. The second-order valence-corrected chi connectivity index (χ2v) is 5.78. The number of phenols is 1. The van der Waals surface area contributed by atoms with Crippen LogP contribution in [0.1, 0.15) is 49.8 Å². The van der Waals surface area contributed by atoms with E-state index in [4.69, 9.17) is 0 Å². The lowest BCUT2D eigenvalue weighted by atomic mass is 9.70. The molecule has 0 saturated carbocycles. The molecule has 0 radical (unpaired) electrons. The number of aliphatic hydroxyl groups is 1. The quantitative estimate of drug-likeness (QED) is 0.803. The summed E-state index contributed by atoms with van der Waals surface area (Å²) in [5.74, 6) is 0.406. The van der Waals surface area contributed by atoms with E-state index in [1.165, 1.54) is 13.0 Å². The molecule has 0 fully saturated rings. The molecule has 18 heavy (non-hydrogen) atoms. The van der Waals surface area contributed by atoms with E-state index in [0.717, 1.165) is 11.1 Å². The van der Waals surface area contributed by atoms with Crippen molar-refractivity contribution in [3.63, 3.8) is 0 Å². The lowest BCUT2D eigenvalue weighted by Crippen LogP contribution is -2.39. The van der Waals surface area contributed by atoms with Crippen molar-refractivity contribution < 1.29 is 15.0 Å². The number of aromatic hydroxyl groups is 1. The highest BCUT2D eigenvalue weighted by atomic mass is 16.3. The third kappa shape index (κ3) is 1.83. The normalized spacial score (nSPS) is 27.4. The molecule has 2 rings (SSSR count). The summed E-state index contributed by atoms with van der Waals surface area (Å²) < 4.78 is 0. The van der Waals surface area contributed by atoms with Crippen LogP contribution in [0.2, 0.25) is 0 Å². The van der Waals surface area contributed by atoms with Crippen molar-refractivity contribution in [1.29, 1.82) is 0 Å². The highest BCUT2D eigenvalue weighted by Crippen LogP contribution is 2.44. The number of Topliss-reactive ketones (excluding diaryl/α,β-unsaturated/α-hetero) is 1. The van der Waals surface area contributed by atoms with Crippen LogP contribution >= 0.6 is 0 Å². The maximum absolute atomic E-state index is 12.1. The molecule has 1 aromatic rings. The second-order valence-electron chi connectivity index (χ2n) is 5.78. The molecule has 0 saturated heterocycles. The average molecular weight is 248 g/mol. The minimum atomic E-state index is -1.48. The van der Waals surface area contributed by atoms with Crippen molar-refractivity contribution in [3.05, 3.63) is 28.8 Å². The van der Waals surface area contributed by atoms with Gasteiger partial charge in [-0.1, -0.05) is 19.9 Å². The standard InChI is InChI=1S/C15H20O3/c1-8(2)10-6-14(17)15(4,18)12-7-13(16)9(3)5-11(10)12/h5,7-8,10,16,18H,6H2,1-4H3/t10-,15-/m0/s1. The molecule has 0 heterocycles. The molecule has 2 N–H and O–H groups in total. The fourth-order valence-corrected chi connectivity index (χ4v) is 2.70. The van der Waals surface area contributed by atoms with Crippen LogP contribution in [0.25, 0.3) is 0 Å². The Bertz CT molecular complexity index is 501. The van der Waals surface area contributed by atoms with E-state index in [1.54, 1.807) is 0 Å². The van der Waals surface area contributed by atoms with Crippen LogP contribution in [0.4, 0.5) is 0 Å². The summed E-state index contributed by atoms with van der Waals surface area (Å²) in [6.07, 6.45) is 0.363. The van der Waals surface area contributed by atoms with Gasteiger partial charge in [-0.15, -0.1) is 0 Å². The van der Waals surface area contributed by atoms with Crippen LogP contribution in [0.15, 0.2) is 12.1 Å². The molecule has 1 aromatic carbocycles. The van der Waals surface area contributed by atoms with E-state index in [9.17, 15) is 15.0 Å². The Morgan fingerprint density at radius 2 is 2.00 bits per heavy atom. The summed E-state index contributed by atoms with van der Waals surface area (Å²) in [5.41, 5.74) is 0.848. The van der Waals surface area contributed by atoms with Crippen molar-refractivity contribution in [3.8, 4) is 5.75 Å². The SMILES string of the molecule is Cc1cc2c(cc1O)[C@](C)(O)C(=O)C[C@H]2C(C)C. The number of carbonyl (C=O) groups excluding carboxylic acids is 1. The summed E-state index contributed by atoms with van der Waals surface area (Å²) in [7, 11) is 0. The van der Waals surface area contributed by atoms with Crippen LogP contribution in [-0.4, -0.2) is 16.0 Å². The zero-order valence-corrected chi connectivity index (χ0v) is 11.3. The zero-order chi connectivity index (χ0) is 13.7. The fraction of sp³-hybridized carbons (Fsp3) is 0.533. The van der Waals surface area contributed by atoms with Crippen LogP contribution in [0.3, 0.4) is 0 Å². The van der Waals surface area contributed by atoms with Gasteiger partial charge in [-0.25, -0.2) is 0 Å².